The van der Waals surface area contributed by atoms with E-state index in [1.807, 2.05) is 13.8 Å². The molecule has 1 N–H and O–H groups in total. The van der Waals surface area contributed by atoms with Crippen LogP contribution in [0.25, 0.3) is 0 Å². The van der Waals surface area contributed by atoms with Gasteiger partial charge in [0.2, 0.25) is 5.91 Å². The van der Waals surface area contributed by atoms with Crippen LogP contribution in [0.2, 0.25) is 0 Å². The van der Waals surface area contributed by atoms with Gasteiger partial charge in [-0.15, -0.1) is 0 Å². The van der Waals surface area contributed by atoms with Gasteiger partial charge in [-0.2, -0.15) is 0 Å². The normalized spacial score (nSPS) is 12.6. The van der Waals surface area contributed by atoms with Crippen LogP contribution < -0.4 is 5.32 Å². The lowest BCUT2D eigenvalue weighted by Gasteiger charge is -2.23. The predicted molar refractivity (Wildman–Crippen MR) is 75.1 cm³/mol. The number of carbonyl (C=O) groups is 1. The summed E-state index contributed by atoms with van der Waals surface area (Å²) in [5.74, 6) is -3.76. The maximum absolute atomic E-state index is 13.1. The highest BCUT2D eigenvalue weighted by atomic mass is 19.2. The van der Waals surface area contributed by atoms with Gasteiger partial charge < -0.3 is 10.2 Å². The quantitative estimate of drug-likeness (QED) is 0.820. The van der Waals surface area contributed by atoms with Crippen molar-refractivity contribution in [2.45, 2.75) is 32.9 Å². The third-order valence-electron chi connectivity index (χ3n) is 3.04. The van der Waals surface area contributed by atoms with Crippen molar-refractivity contribution < 1.29 is 18.0 Å². The lowest BCUT2D eigenvalue weighted by molar-refractivity contribution is -0.131. The van der Waals surface area contributed by atoms with Gasteiger partial charge in [-0.05, 0) is 30.0 Å². The molecule has 1 amide bonds. The number of rotatable bonds is 6. The van der Waals surface area contributed by atoms with E-state index in [1.165, 1.54) is 4.90 Å². The Bertz CT molecular complexity index is 481. The van der Waals surface area contributed by atoms with Crippen LogP contribution in [0.4, 0.5) is 13.2 Å². The largest absolute Gasteiger partial charge is 0.347 e. The van der Waals surface area contributed by atoms with E-state index < -0.39 is 23.5 Å². The molecule has 1 atom stereocenters. The summed E-state index contributed by atoms with van der Waals surface area (Å²) in [7, 11) is 3.29. The van der Waals surface area contributed by atoms with Gasteiger partial charge in [-0.1, -0.05) is 13.8 Å². The highest BCUT2D eigenvalue weighted by Gasteiger charge is 2.21. The fourth-order valence-corrected chi connectivity index (χ4v) is 2.01. The first-order valence-electron chi connectivity index (χ1n) is 6.80. The standard InChI is InChI=1S/C15H21F3N2O/c1-9(2)5-13(15(21)20(3)4)19-8-10-6-11(16)14(18)12(17)7-10/h6-7,9,13,19H,5,8H2,1-4H3. The second-order valence-corrected chi connectivity index (χ2v) is 5.67. The number of likely N-dealkylation sites (N-methyl/N-ethyl adjacent to an activating group) is 1. The number of amides is 1. The number of carbonyl (C=O) groups excluding carboxylic acids is 1. The molecule has 0 saturated heterocycles. The summed E-state index contributed by atoms with van der Waals surface area (Å²) < 4.78 is 39.2. The van der Waals surface area contributed by atoms with Crippen LogP contribution in [-0.2, 0) is 11.3 Å². The first kappa shape index (κ1) is 17.5. The molecule has 0 aliphatic rings. The first-order valence-corrected chi connectivity index (χ1v) is 6.80. The summed E-state index contributed by atoms with van der Waals surface area (Å²) in [6.45, 7) is 4.05. The lowest BCUT2D eigenvalue weighted by Crippen LogP contribution is -2.44. The van der Waals surface area contributed by atoms with Gasteiger partial charge in [0.25, 0.3) is 0 Å². The van der Waals surface area contributed by atoms with Crippen molar-refractivity contribution >= 4 is 5.91 Å². The van der Waals surface area contributed by atoms with Crippen molar-refractivity contribution in [1.29, 1.82) is 0 Å². The number of hydrogen-bond acceptors (Lipinski definition) is 2. The number of benzene rings is 1. The molecule has 0 heterocycles. The van der Waals surface area contributed by atoms with E-state index in [9.17, 15) is 18.0 Å². The van der Waals surface area contributed by atoms with E-state index in [1.54, 1.807) is 14.1 Å². The lowest BCUT2D eigenvalue weighted by atomic mass is 10.0. The molecular weight excluding hydrogens is 281 g/mol. The fraction of sp³-hybridized carbons (Fsp3) is 0.533. The van der Waals surface area contributed by atoms with Crippen molar-refractivity contribution in [3.8, 4) is 0 Å². The Morgan fingerprint density at radius 1 is 1.19 bits per heavy atom. The van der Waals surface area contributed by atoms with Gasteiger partial charge in [0.15, 0.2) is 17.5 Å². The molecule has 0 radical (unpaired) electrons. The molecule has 6 heteroatoms. The number of hydrogen-bond donors (Lipinski definition) is 1. The molecule has 118 valence electrons. The van der Waals surface area contributed by atoms with Gasteiger partial charge in [0.1, 0.15) is 0 Å². The highest BCUT2D eigenvalue weighted by Crippen LogP contribution is 2.14. The van der Waals surface area contributed by atoms with E-state index in [-0.39, 0.29) is 23.9 Å². The average Bonchev–Trinajstić information content (AvgIpc) is 2.39. The molecule has 0 aromatic heterocycles. The second kappa shape index (κ2) is 7.45. The molecule has 21 heavy (non-hydrogen) atoms. The minimum Gasteiger partial charge on any atom is -0.347 e. The molecule has 0 aliphatic carbocycles. The first-order chi connectivity index (χ1) is 9.72. The molecule has 3 nitrogen and oxygen atoms in total. The molecule has 1 rings (SSSR count). The van der Waals surface area contributed by atoms with Crippen molar-refractivity contribution in [2.24, 2.45) is 5.92 Å². The summed E-state index contributed by atoms with van der Waals surface area (Å²) in [5.41, 5.74) is 0.256. The topological polar surface area (TPSA) is 32.3 Å². The Labute approximate surface area is 123 Å². The van der Waals surface area contributed by atoms with E-state index in [0.29, 0.717) is 6.42 Å². The molecular formula is C15H21F3N2O. The van der Waals surface area contributed by atoms with E-state index >= 15 is 0 Å². The Kier molecular flexibility index (Phi) is 6.20. The Morgan fingerprint density at radius 2 is 1.71 bits per heavy atom. The maximum atomic E-state index is 13.1. The summed E-state index contributed by atoms with van der Waals surface area (Å²) in [6, 6.07) is 1.41. The predicted octanol–water partition coefficient (Wildman–Crippen LogP) is 2.70. The molecule has 0 aliphatic heterocycles. The monoisotopic (exact) mass is 302 g/mol. The number of nitrogens with one attached hydrogen (secondary N) is 1. The zero-order chi connectivity index (χ0) is 16.2. The van der Waals surface area contributed by atoms with E-state index in [2.05, 4.69) is 5.32 Å². The third-order valence-corrected chi connectivity index (χ3v) is 3.04. The van der Waals surface area contributed by atoms with Crippen molar-refractivity contribution in [3.63, 3.8) is 0 Å². The van der Waals surface area contributed by atoms with Gasteiger partial charge in [-0.3, -0.25) is 4.79 Å². The molecule has 1 aromatic rings. The minimum absolute atomic E-state index is 0.0884. The highest BCUT2D eigenvalue weighted by molar-refractivity contribution is 5.81. The Hall–Kier alpha value is -1.56. The third kappa shape index (κ3) is 5.04. The summed E-state index contributed by atoms with van der Waals surface area (Å²) in [5, 5.41) is 2.98. The Morgan fingerprint density at radius 3 is 2.14 bits per heavy atom. The van der Waals surface area contributed by atoms with Crippen molar-refractivity contribution in [2.75, 3.05) is 14.1 Å². The summed E-state index contributed by atoms with van der Waals surface area (Å²) in [6.07, 6.45) is 0.600. The van der Waals surface area contributed by atoms with Crippen LogP contribution in [-0.4, -0.2) is 30.9 Å². The van der Waals surface area contributed by atoms with Crippen LogP contribution in [0.3, 0.4) is 0 Å². The van der Waals surface area contributed by atoms with Crippen molar-refractivity contribution in [3.05, 3.63) is 35.1 Å². The summed E-state index contributed by atoms with van der Waals surface area (Å²) in [4.78, 5) is 13.5. The number of nitrogens with zero attached hydrogens (tertiary/aromatic N) is 1. The fourth-order valence-electron chi connectivity index (χ4n) is 2.01. The SMILES string of the molecule is CC(C)CC(NCc1cc(F)c(F)c(F)c1)C(=O)N(C)C. The zero-order valence-electron chi connectivity index (χ0n) is 12.7. The van der Waals surface area contributed by atoms with Gasteiger partial charge >= 0.3 is 0 Å². The van der Waals surface area contributed by atoms with Crippen LogP contribution in [0, 0.1) is 23.4 Å². The maximum Gasteiger partial charge on any atom is 0.239 e. The van der Waals surface area contributed by atoms with Crippen LogP contribution in [0.15, 0.2) is 12.1 Å². The summed E-state index contributed by atoms with van der Waals surface area (Å²) >= 11 is 0. The molecule has 1 aromatic carbocycles. The average molecular weight is 302 g/mol. The van der Waals surface area contributed by atoms with Crippen LogP contribution >= 0.6 is 0 Å². The second-order valence-electron chi connectivity index (χ2n) is 5.67. The molecule has 0 saturated carbocycles. The minimum atomic E-state index is -1.48. The zero-order valence-corrected chi connectivity index (χ0v) is 12.7. The molecule has 0 fully saturated rings. The number of halogens is 3. The van der Waals surface area contributed by atoms with Gasteiger partial charge in [0.05, 0.1) is 6.04 Å². The van der Waals surface area contributed by atoms with Crippen LogP contribution in [0.5, 0.6) is 0 Å². The smallest absolute Gasteiger partial charge is 0.239 e. The van der Waals surface area contributed by atoms with Crippen molar-refractivity contribution in [1.82, 2.24) is 10.2 Å². The van der Waals surface area contributed by atoms with Gasteiger partial charge in [-0.25, -0.2) is 13.2 Å². The van der Waals surface area contributed by atoms with E-state index in [0.717, 1.165) is 12.1 Å². The Balaban J connectivity index is 2.79. The molecule has 0 spiro atoms. The van der Waals surface area contributed by atoms with E-state index in [4.69, 9.17) is 0 Å². The van der Waals surface area contributed by atoms with Crippen LogP contribution in [0.1, 0.15) is 25.8 Å². The molecule has 1 unspecified atom stereocenters. The molecule has 0 bridgehead atoms. The van der Waals surface area contributed by atoms with Gasteiger partial charge in [0, 0.05) is 20.6 Å².